The lowest BCUT2D eigenvalue weighted by atomic mass is 9.95. The van der Waals surface area contributed by atoms with Gasteiger partial charge in [0.1, 0.15) is 0 Å². The van der Waals surface area contributed by atoms with Crippen molar-refractivity contribution in [3.05, 3.63) is 0 Å². The summed E-state index contributed by atoms with van der Waals surface area (Å²) in [5, 5.41) is 9.41. The summed E-state index contributed by atoms with van der Waals surface area (Å²) in [5.41, 5.74) is 5.97. The van der Waals surface area contributed by atoms with Crippen LogP contribution in [0.3, 0.4) is 0 Å². The highest BCUT2D eigenvalue weighted by Gasteiger charge is 2.25. The Balaban J connectivity index is 0. The fourth-order valence-electron chi connectivity index (χ4n) is 3.09. The van der Waals surface area contributed by atoms with E-state index in [9.17, 15) is 9.90 Å². The van der Waals surface area contributed by atoms with Crippen LogP contribution in [0.15, 0.2) is 0 Å². The first kappa shape index (κ1) is 25.2. The molecule has 0 aromatic carbocycles. The second-order valence-electron chi connectivity index (χ2n) is 7.05. The van der Waals surface area contributed by atoms with Gasteiger partial charge in [0, 0.05) is 20.1 Å². The number of halogens is 2. The van der Waals surface area contributed by atoms with Gasteiger partial charge in [0.25, 0.3) is 0 Å². The molecule has 0 aliphatic carbocycles. The first-order valence-corrected chi connectivity index (χ1v) is 8.20. The predicted octanol–water partition coefficient (Wildman–Crippen LogP) is 1.75. The lowest BCUT2D eigenvalue weighted by Gasteiger charge is -2.35. The van der Waals surface area contributed by atoms with Gasteiger partial charge in [-0.2, -0.15) is 0 Å². The third kappa shape index (κ3) is 9.72. The van der Waals surface area contributed by atoms with Crippen molar-refractivity contribution in [1.82, 2.24) is 9.80 Å². The number of hydrogen-bond acceptors (Lipinski definition) is 4. The summed E-state index contributed by atoms with van der Waals surface area (Å²) in [4.78, 5) is 16.3. The maximum absolute atomic E-state index is 12.2. The van der Waals surface area contributed by atoms with Gasteiger partial charge in [-0.25, -0.2) is 0 Å². The SMILES string of the molecule is CC(C)C[C@H](N)C(=O)N(C)CC1CCN(CC(C)O)CC1.Cl.Cl. The highest BCUT2D eigenvalue weighted by Crippen LogP contribution is 2.18. The van der Waals surface area contributed by atoms with Crippen molar-refractivity contribution in [1.29, 1.82) is 0 Å². The number of aliphatic hydroxyl groups excluding tert-OH is 1. The van der Waals surface area contributed by atoms with Crippen LogP contribution in [0.1, 0.15) is 40.0 Å². The number of likely N-dealkylation sites (N-methyl/N-ethyl adjacent to an activating group) is 1. The highest BCUT2D eigenvalue weighted by molar-refractivity contribution is 5.85. The quantitative estimate of drug-likeness (QED) is 0.715. The maximum Gasteiger partial charge on any atom is 0.239 e. The van der Waals surface area contributed by atoms with Crippen LogP contribution in [0, 0.1) is 11.8 Å². The van der Waals surface area contributed by atoms with Crippen molar-refractivity contribution in [2.75, 3.05) is 33.2 Å². The molecule has 0 bridgehead atoms. The average Bonchev–Trinajstić information content (AvgIpc) is 2.38. The second-order valence-corrected chi connectivity index (χ2v) is 7.05. The highest BCUT2D eigenvalue weighted by atomic mass is 35.5. The van der Waals surface area contributed by atoms with Gasteiger partial charge in [0.05, 0.1) is 12.1 Å². The van der Waals surface area contributed by atoms with E-state index in [4.69, 9.17) is 5.73 Å². The standard InChI is InChI=1S/C16H33N3O2.2ClH/c1-12(2)9-15(17)16(21)18(4)11-14-5-7-19(8-6-14)10-13(3)20;;/h12-15,20H,5-11,17H2,1-4H3;2*1H/t13?,15-;;/m0../s1. The number of nitrogens with two attached hydrogens (primary N) is 1. The monoisotopic (exact) mass is 371 g/mol. The molecule has 140 valence electrons. The van der Waals surface area contributed by atoms with E-state index >= 15 is 0 Å². The zero-order chi connectivity index (χ0) is 16.0. The smallest absolute Gasteiger partial charge is 0.239 e. The number of carbonyl (C=O) groups excluding carboxylic acids is 1. The molecule has 7 heteroatoms. The largest absolute Gasteiger partial charge is 0.392 e. The normalized spacial score (nSPS) is 18.7. The number of nitrogens with zero attached hydrogens (tertiary/aromatic N) is 2. The Labute approximate surface area is 153 Å². The third-order valence-electron chi connectivity index (χ3n) is 4.18. The van der Waals surface area contributed by atoms with Gasteiger partial charge in [-0.05, 0) is 51.1 Å². The number of aliphatic hydroxyl groups is 1. The molecule has 0 spiro atoms. The number of β-amino-alcohol motifs (C(OH)–C–C–N with tert-alkyl or cyclic N) is 1. The number of likely N-dealkylation sites (tertiary alicyclic amines) is 1. The van der Waals surface area contributed by atoms with Crippen molar-refractivity contribution >= 4 is 30.7 Å². The Kier molecular flexibility index (Phi) is 13.5. The van der Waals surface area contributed by atoms with E-state index in [2.05, 4.69) is 18.7 Å². The van der Waals surface area contributed by atoms with Crippen molar-refractivity contribution in [3.63, 3.8) is 0 Å². The molecule has 1 heterocycles. The van der Waals surface area contributed by atoms with Crippen LogP contribution < -0.4 is 5.73 Å². The van der Waals surface area contributed by atoms with Gasteiger partial charge in [0.2, 0.25) is 5.91 Å². The minimum Gasteiger partial charge on any atom is -0.392 e. The maximum atomic E-state index is 12.2. The van der Waals surface area contributed by atoms with Crippen LogP contribution >= 0.6 is 24.8 Å². The number of rotatable bonds is 7. The van der Waals surface area contributed by atoms with Crippen LogP contribution in [0.5, 0.6) is 0 Å². The zero-order valence-corrected chi connectivity index (χ0v) is 16.5. The molecule has 3 N–H and O–H groups in total. The van der Waals surface area contributed by atoms with Crippen molar-refractivity contribution < 1.29 is 9.90 Å². The van der Waals surface area contributed by atoms with Crippen LogP contribution in [0.2, 0.25) is 0 Å². The van der Waals surface area contributed by atoms with Gasteiger partial charge in [0.15, 0.2) is 0 Å². The number of hydrogen-bond donors (Lipinski definition) is 2. The lowest BCUT2D eigenvalue weighted by molar-refractivity contribution is -0.132. The van der Waals surface area contributed by atoms with Crippen LogP contribution in [-0.4, -0.2) is 66.2 Å². The molecule has 1 rings (SSSR count). The van der Waals surface area contributed by atoms with Crippen LogP contribution in [0.25, 0.3) is 0 Å². The van der Waals surface area contributed by atoms with E-state index < -0.39 is 0 Å². The van der Waals surface area contributed by atoms with E-state index in [0.29, 0.717) is 11.8 Å². The molecule has 0 radical (unpaired) electrons. The molecule has 1 aliphatic heterocycles. The van der Waals surface area contributed by atoms with E-state index in [1.807, 2.05) is 18.9 Å². The Morgan fingerprint density at radius 1 is 1.26 bits per heavy atom. The molecule has 1 unspecified atom stereocenters. The topological polar surface area (TPSA) is 69.8 Å². The molecular weight excluding hydrogens is 337 g/mol. The number of piperidine rings is 1. The fourth-order valence-corrected chi connectivity index (χ4v) is 3.09. The van der Waals surface area contributed by atoms with Crippen molar-refractivity contribution in [3.8, 4) is 0 Å². The minimum absolute atomic E-state index is 0. The van der Waals surface area contributed by atoms with Gasteiger partial charge in [-0.1, -0.05) is 13.8 Å². The molecule has 1 aliphatic rings. The molecule has 0 aromatic heterocycles. The first-order chi connectivity index (χ1) is 9.79. The lowest BCUT2D eigenvalue weighted by Crippen LogP contribution is -2.46. The summed E-state index contributed by atoms with van der Waals surface area (Å²) < 4.78 is 0. The molecule has 5 nitrogen and oxygen atoms in total. The summed E-state index contributed by atoms with van der Waals surface area (Å²) in [6.07, 6.45) is 2.66. The molecule has 2 atom stereocenters. The van der Waals surface area contributed by atoms with E-state index in [1.54, 1.807) is 0 Å². The molecule has 1 amide bonds. The average molecular weight is 372 g/mol. The van der Waals surface area contributed by atoms with Gasteiger partial charge >= 0.3 is 0 Å². The zero-order valence-electron chi connectivity index (χ0n) is 14.9. The number of amides is 1. The summed E-state index contributed by atoms with van der Waals surface area (Å²) >= 11 is 0. The summed E-state index contributed by atoms with van der Waals surface area (Å²) in [5.74, 6) is 1.06. The molecule has 1 saturated heterocycles. The van der Waals surface area contributed by atoms with Crippen molar-refractivity contribution in [2.45, 2.75) is 52.2 Å². The molecular formula is C16H35Cl2N3O2. The second kappa shape index (κ2) is 12.3. The predicted molar refractivity (Wildman–Crippen MR) is 100 cm³/mol. The minimum atomic E-state index is -0.370. The van der Waals surface area contributed by atoms with Gasteiger partial charge in [-0.15, -0.1) is 24.8 Å². The van der Waals surface area contributed by atoms with Crippen LogP contribution in [-0.2, 0) is 4.79 Å². The Morgan fingerprint density at radius 2 is 1.78 bits per heavy atom. The Morgan fingerprint density at radius 3 is 2.22 bits per heavy atom. The fraction of sp³-hybridized carbons (Fsp3) is 0.938. The summed E-state index contributed by atoms with van der Waals surface area (Å²) in [7, 11) is 1.87. The molecule has 0 saturated carbocycles. The van der Waals surface area contributed by atoms with Gasteiger partial charge < -0.3 is 20.6 Å². The molecule has 0 aromatic rings. The van der Waals surface area contributed by atoms with Gasteiger partial charge in [-0.3, -0.25) is 4.79 Å². The Bertz CT molecular complexity index is 322. The van der Waals surface area contributed by atoms with E-state index in [1.165, 1.54) is 0 Å². The summed E-state index contributed by atoms with van der Waals surface area (Å²) in [6.45, 7) is 9.57. The third-order valence-corrected chi connectivity index (χ3v) is 4.18. The Hall–Kier alpha value is -0.0700. The molecule has 1 fully saturated rings. The molecule has 23 heavy (non-hydrogen) atoms. The number of carbonyl (C=O) groups is 1. The van der Waals surface area contributed by atoms with E-state index in [-0.39, 0.29) is 42.9 Å². The summed E-state index contributed by atoms with van der Waals surface area (Å²) in [6, 6.07) is -0.370. The van der Waals surface area contributed by atoms with Crippen LogP contribution in [0.4, 0.5) is 0 Å². The van der Waals surface area contributed by atoms with Crippen molar-refractivity contribution in [2.24, 2.45) is 17.6 Å². The van der Waals surface area contributed by atoms with E-state index in [0.717, 1.165) is 45.4 Å². The first-order valence-electron chi connectivity index (χ1n) is 8.20.